The van der Waals surface area contributed by atoms with Crippen molar-refractivity contribution in [3.8, 4) is 0 Å². The number of aliphatic hydroxyl groups excluding tert-OH is 4. The summed E-state index contributed by atoms with van der Waals surface area (Å²) in [6, 6.07) is 0. The maximum atomic E-state index is 8.36. The van der Waals surface area contributed by atoms with Crippen molar-refractivity contribution in [2.24, 2.45) is 0 Å². The van der Waals surface area contributed by atoms with Gasteiger partial charge in [-0.1, -0.05) is 27.7 Å². The third kappa shape index (κ3) is 96.7. The van der Waals surface area contributed by atoms with E-state index in [9.17, 15) is 0 Å². The van der Waals surface area contributed by atoms with E-state index in [-0.39, 0.29) is 46.1 Å². The molecule has 0 fully saturated rings. The van der Waals surface area contributed by atoms with E-state index in [0.29, 0.717) is 0 Å². The third-order valence-corrected chi connectivity index (χ3v) is 2.36. The van der Waals surface area contributed by atoms with Gasteiger partial charge in [0.15, 0.2) is 0 Å². The molecule has 4 atom stereocenters. The third-order valence-electron chi connectivity index (χ3n) is 2.36. The van der Waals surface area contributed by atoms with E-state index >= 15 is 0 Å². The number of rotatable bonds is 4. The van der Waals surface area contributed by atoms with Crippen LogP contribution in [0.2, 0.25) is 0 Å². The molecule has 0 aliphatic carbocycles. The van der Waals surface area contributed by atoms with Gasteiger partial charge < -0.3 is 20.4 Å². The van der Waals surface area contributed by atoms with Crippen LogP contribution >= 0.6 is 0 Å². The summed E-state index contributed by atoms with van der Waals surface area (Å²) in [5, 5.41) is 33.4. The Kier molecular flexibility index (Phi) is 45.4. The maximum Gasteiger partial charge on any atom is 0.0509 e. The van der Waals surface area contributed by atoms with Gasteiger partial charge in [0.1, 0.15) is 0 Å². The molecule has 4 nitrogen and oxygen atoms in total. The van der Waals surface area contributed by atoms with Gasteiger partial charge in [0.05, 0.1) is 24.4 Å². The zero-order valence-corrected chi connectivity index (χ0v) is 17.0. The van der Waals surface area contributed by atoms with Crippen LogP contribution < -0.4 is 0 Å². The van der Waals surface area contributed by atoms with Gasteiger partial charge in [0.2, 0.25) is 0 Å². The second-order valence-corrected chi connectivity index (χ2v) is 5.03. The van der Waals surface area contributed by atoms with Crippen molar-refractivity contribution in [2.45, 2.75) is 105 Å². The van der Waals surface area contributed by atoms with Crippen molar-refractivity contribution < 1.29 is 42.1 Å². The summed E-state index contributed by atoms with van der Waals surface area (Å²) in [6.45, 7) is 14.9. The van der Waals surface area contributed by atoms with Gasteiger partial charge >= 0.3 is 0 Å². The summed E-state index contributed by atoms with van der Waals surface area (Å²) in [6.07, 6.45) is 2.98. The van der Waals surface area contributed by atoms with E-state index in [4.69, 9.17) is 20.4 Å². The molecule has 0 heterocycles. The van der Waals surface area contributed by atoms with E-state index in [1.165, 1.54) is 0 Å². The van der Waals surface area contributed by atoms with Crippen LogP contribution in [0.3, 0.4) is 0 Å². The molecule has 0 aliphatic rings. The summed E-state index contributed by atoms with van der Waals surface area (Å²) in [7, 11) is 0. The van der Waals surface area contributed by atoms with E-state index in [0.717, 1.165) is 25.7 Å². The van der Waals surface area contributed by atoms with Crippen molar-refractivity contribution in [2.75, 3.05) is 0 Å². The predicted octanol–water partition coefficient (Wildman–Crippen LogP) is 3.11. The van der Waals surface area contributed by atoms with Crippen molar-refractivity contribution in [1.82, 2.24) is 0 Å². The summed E-state index contributed by atoms with van der Waals surface area (Å²) in [5.41, 5.74) is 0. The molecule has 0 aromatic rings. The molecule has 5 heteroatoms. The second kappa shape index (κ2) is 28.7. The Balaban J connectivity index is -0.0000000533. The van der Waals surface area contributed by atoms with Crippen molar-refractivity contribution >= 4 is 0 Å². The molecule has 0 unspecified atom stereocenters. The SMILES string of the molecule is CC[C@@H](C)O.CC[C@@H](C)O.CC[C@@H](C)O.CC[C@@H](C)O.[Ti]. The minimum Gasteiger partial charge on any atom is -0.393 e. The topological polar surface area (TPSA) is 80.9 Å². The van der Waals surface area contributed by atoms with Crippen LogP contribution in [0.5, 0.6) is 0 Å². The Morgan fingerprint density at radius 1 is 0.476 bits per heavy atom. The van der Waals surface area contributed by atoms with Crippen LogP contribution in [0.4, 0.5) is 0 Å². The molecule has 132 valence electrons. The van der Waals surface area contributed by atoms with E-state index in [2.05, 4.69) is 0 Å². The van der Waals surface area contributed by atoms with Crippen LogP contribution in [0.25, 0.3) is 0 Å². The Morgan fingerprint density at radius 3 is 0.524 bits per heavy atom. The molecule has 0 radical (unpaired) electrons. The molecule has 4 N–H and O–H groups in total. The van der Waals surface area contributed by atoms with Crippen LogP contribution in [0, 0.1) is 0 Å². The molecule has 0 bridgehead atoms. The van der Waals surface area contributed by atoms with Crippen LogP contribution in [0.1, 0.15) is 81.1 Å². The fraction of sp³-hybridized carbons (Fsp3) is 1.00. The average Bonchev–Trinajstić information content (AvgIpc) is 2.40. The van der Waals surface area contributed by atoms with E-state index in [1.54, 1.807) is 27.7 Å². The summed E-state index contributed by atoms with van der Waals surface area (Å²) in [4.78, 5) is 0. The zero-order valence-electron chi connectivity index (χ0n) is 15.4. The second-order valence-electron chi connectivity index (χ2n) is 5.03. The Morgan fingerprint density at radius 2 is 0.524 bits per heavy atom. The van der Waals surface area contributed by atoms with Gasteiger partial charge in [-0.25, -0.2) is 0 Å². The number of hydrogen-bond acceptors (Lipinski definition) is 4. The molecule has 0 aliphatic heterocycles. The first-order chi connectivity index (χ1) is 9.08. The smallest absolute Gasteiger partial charge is 0.0509 e. The normalized spacial score (nSPS) is 14.3. The number of aliphatic hydroxyl groups is 4. The largest absolute Gasteiger partial charge is 0.393 e. The van der Waals surface area contributed by atoms with Crippen molar-refractivity contribution in [1.29, 1.82) is 0 Å². The first kappa shape index (κ1) is 33.2. The average molecular weight is 344 g/mol. The zero-order chi connectivity index (χ0) is 17.1. The minimum atomic E-state index is -0.116. The molecule has 0 aromatic heterocycles. The molecule has 0 aromatic carbocycles. The Bertz CT molecular complexity index is 108. The molecule has 0 amide bonds. The van der Waals surface area contributed by atoms with Crippen LogP contribution in [0.15, 0.2) is 0 Å². The molecule has 0 rings (SSSR count). The van der Waals surface area contributed by atoms with E-state index < -0.39 is 0 Å². The van der Waals surface area contributed by atoms with Gasteiger partial charge in [-0.05, 0) is 53.4 Å². The van der Waals surface area contributed by atoms with Gasteiger partial charge in [-0.2, -0.15) is 0 Å². The summed E-state index contributed by atoms with van der Waals surface area (Å²) < 4.78 is 0. The molecule has 21 heavy (non-hydrogen) atoms. The summed E-state index contributed by atoms with van der Waals surface area (Å²) >= 11 is 0. The Hall–Kier alpha value is 0.554. The quantitative estimate of drug-likeness (QED) is 0.591. The Labute approximate surface area is 147 Å². The first-order valence-corrected chi connectivity index (χ1v) is 7.80. The maximum absolute atomic E-state index is 8.36. The van der Waals surface area contributed by atoms with Gasteiger partial charge in [-0.3, -0.25) is 0 Å². The standard InChI is InChI=1S/4C4H10O.Ti/c4*1-3-4(2)5;/h4*4-5H,3H2,1-2H3;/t4*4-;/m1111./s1. The fourth-order valence-electron chi connectivity index (χ4n) is 0. The molecule has 0 saturated carbocycles. The molecular weight excluding hydrogens is 304 g/mol. The monoisotopic (exact) mass is 344 g/mol. The summed E-state index contributed by atoms with van der Waals surface area (Å²) in [5.74, 6) is 0. The predicted molar refractivity (Wildman–Crippen MR) is 87.9 cm³/mol. The van der Waals surface area contributed by atoms with Crippen LogP contribution in [-0.4, -0.2) is 44.8 Å². The first-order valence-electron chi connectivity index (χ1n) is 7.80. The molecular formula is C16H40O4Ti. The van der Waals surface area contributed by atoms with E-state index in [1.807, 2.05) is 27.7 Å². The van der Waals surface area contributed by atoms with Crippen LogP contribution in [-0.2, 0) is 21.7 Å². The number of hydrogen-bond donors (Lipinski definition) is 4. The van der Waals surface area contributed by atoms with Crippen molar-refractivity contribution in [3.63, 3.8) is 0 Å². The minimum absolute atomic E-state index is 0. The molecule has 0 saturated heterocycles. The van der Waals surface area contributed by atoms with Crippen molar-refractivity contribution in [3.05, 3.63) is 0 Å². The fourth-order valence-corrected chi connectivity index (χ4v) is 0. The van der Waals surface area contributed by atoms with Gasteiger partial charge in [0, 0.05) is 21.7 Å². The molecule has 0 spiro atoms. The van der Waals surface area contributed by atoms with Gasteiger partial charge in [-0.15, -0.1) is 0 Å². The van der Waals surface area contributed by atoms with Gasteiger partial charge in [0.25, 0.3) is 0 Å².